The highest BCUT2D eigenvalue weighted by molar-refractivity contribution is 7.92. The number of aromatic nitrogens is 1. The molecular weight excluding hydrogens is 340 g/mol. The Hall–Kier alpha value is -2.28. The molecule has 0 aliphatic carbocycles. The van der Waals surface area contributed by atoms with Crippen molar-refractivity contribution in [2.75, 3.05) is 18.7 Å². The monoisotopic (exact) mass is 362 g/mol. The molecule has 0 fully saturated rings. The Kier molecular flexibility index (Phi) is 4.60. The summed E-state index contributed by atoms with van der Waals surface area (Å²) < 4.78 is 34.5. The second kappa shape index (κ2) is 6.55. The maximum atomic E-state index is 12.4. The van der Waals surface area contributed by atoms with Crippen LogP contribution in [-0.2, 0) is 16.3 Å². The van der Waals surface area contributed by atoms with Crippen molar-refractivity contribution in [3.05, 3.63) is 42.1 Å². The molecule has 25 heavy (non-hydrogen) atoms. The first-order valence-electron chi connectivity index (χ1n) is 8.10. The van der Waals surface area contributed by atoms with Crippen LogP contribution in [0.4, 0.5) is 5.69 Å². The lowest BCUT2D eigenvalue weighted by atomic mass is 10.1. The zero-order valence-corrected chi connectivity index (χ0v) is 15.4. The van der Waals surface area contributed by atoms with E-state index in [1.165, 1.54) is 0 Å². The van der Waals surface area contributed by atoms with E-state index in [0.29, 0.717) is 6.54 Å². The van der Waals surface area contributed by atoms with Gasteiger partial charge in [-0.05, 0) is 57.0 Å². The van der Waals surface area contributed by atoms with Crippen LogP contribution in [0.1, 0.15) is 26.3 Å². The number of pyridine rings is 1. The number of nitrogens with zero attached hydrogens (tertiary/aromatic N) is 1. The van der Waals surface area contributed by atoms with Gasteiger partial charge < -0.3 is 14.8 Å². The van der Waals surface area contributed by atoms with Crippen molar-refractivity contribution >= 4 is 15.5 Å². The first-order chi connectivity index (χ1) is 11.8. The number of rotatable bonds is 5. The molecule has 1 N–H and O–H groups in total. The summed E-state index contributed by atoms with van der Waals surface area (Å²) in [5.41, 5.74) is 1.92. The second-order valence-corrected chi connectivity index (χ2v) is 9.52. The lowest BCUT2D eigenvalue weighted by molar-refractivity contribution is 0.174. The number of hydrogen-bond acceptors (Lipinski definition) is 6. The van der Waals surface area contributed by atoms with E-state index in [-0.39, 0.29) is 11.8 Å². The maximum Gasteiger partial charge on any atom is 0.231 e. The smallest absolute Gasteiger partial charge is 0.231 e. The van der Waals surface area contributed by atoms with Crippen molar-refractivity contribution in [2.24, 2.45) is 0 Å². The molecule has 6 nitrogen and oxygen atoms in total. The summed E-state index contributed by atoms with van der Waals surface area (Å²) in [4.78, 5) is 4.10. The first kappa shape index (κ1) is 17.5. The van der Waals surface area contributed by atoms with Crippen molar-refractivity contribution in [3.63, 3.8) is 0 Å². The Morgan fingerprint density at radius 3 is 2.56 bits per heavy atom. The van der Waals surface area contributed by atoms with E-state index >= 15 is 0 Å². The minimum absolute atomic E-state index is 0.0984. The fourth-order valence-corrected chi connectivity index (χ4v) is 3.47. The largest absolute Gasteiger partial charge is 0.454 e. The Bertz CT molecular complexity index is 856. The number of ether oxygens (including phenoxy) is 2. The zero-order valence-electron chi connectivity index (χ0n) is 14.6. The summed E-state index contributed by atoms with van der Waals surface area (Å²) >= 11 is 0. The van der Waals surface area contributed by atoms with E-state index in [2.05, 4.69) is 10.3 Å². The van der Waals surface area contributed by atoms with E-state index in [4.69, 9.17) is 9.47 Å². The quantitative estimate of drug-likeness (QED) is 0.881. The third-order valence-electron chi connectivity index (χ3n) is 4.00. The number of hydrogen-bond donors (Lipinski definition) is 1. The highest BCUT2D eigenvalue weighted by Gasteiger charge is 2.31. The van der Waals surface area contributed by atoms with Crippen LogP contribution in [0.3, 0.4) is 0 Å². The van der Waals surface area contributed by atoms with Crippen LogP contribution < -0.4 is 14.8 Å². The maximum absolute atomic E-state index is 12.4. The predicted molar refractivity (Wildman–Crippen MR) is 95.9 cm³/mol. The normalized spacial score (nSPS) is 13.7. The molecule has 0 saturated carbocycles. The molecule has 1 aliphatic rings. The minimum atomic E-state index is -3.43. The number of nitrogens with one attached hydrogen (secondary N) is 1. The summed E-state index contributed by atoms with van der Waals surface area (Å²) in [7, 11) is -3.43. The summed E-state index contributed by atoms with van der Waals surface area (Å²) in [5.74, 6) is 1.55. The van der Waals surface area contributed by atoms with Crippen molar-refractivity contribution < 1.29 is 17.9 Å². The van der Waals surface area contributed by atoms with E-state index < -0.39 is 14.6 Å². The number of fused-ring (bicyclic) bond motifs is 1. The fourth-order valence-electron chi connectivity index (χ4n) is 2.41. The van der Waals surface area contributed by atoms with Gasteiger partial charge in [-0.1, -0.05) is 6.07 Å². The lowest BCUT2D eigenvalue weighted by Gasteiger charge is -2.18. The number of anilines is 1. The van der Waals surface area contributed by atoms with Gasteiger partial charge >= 0.3 is 0 Å². The third-order valence-corrected chi connectivity index (χ3v) is 6.40. The van der Waals surface area contributed by atoms with Crippen LogP contribution in [0.25, 0.3) is 0 Å². The van der Waals surface area contributed by atoms with Crippen molar-refractivity contribution in [2.45, 2.75) is 37.0 Å². The molecule has 1 aliphatic heterocycles. The van der Waals surface area contributed by atoms with Gasteiger partial charge in [-0.3, -0.25) is 0 Å². The standard InChI is InChI=1S/C18H22N2O4S/c1-18(2,3)25(21,22)17-7-5-14(11-20-17)19-9-8-13-4-6-15-16(10-13)24-12-23-15/h4-7,10-11,19H,8-9,12H2,1-3H3. The van der Waals surface area contributed by atoms with E-state index in [1.54, 1.807) is 39.1 Å². The minimum Gasteiger partial charge on any atom is -0.454 e. The number of sulfone groups is 1. The molecule has 7 heteroatoms. The van der Waals surface area contributed by atoms with Gasteiger partial charge in [-0.25, -0.2) is 13.4 Å². The lowest BCUT2D eigenvalue weighted by Crippen LogP contribution is -2.28. The van der Waals surface area contributed by atoms with E-state index in [0.717, 1.165) is 29.2 Å². The van der Waals surface area contributed by atoms with Crippen LogP contribution in [0, 0.1) is 0 Å². The molecule has 0 unspecified atom stereocenters. The molecule has 0 saturated heterocycles. The third kappa shape index (κ3) is 3.71. The Balaban J connectivity index is 1.59. The molecule has 0 spiro atoms. The molecule has 1 aromatic heterocycles. The van der Waals surface area contributed by atoms with Crippen LogP contribution in [0.5, 0.6) is 11.5 Å². The van der Waals surface area contributed by atoms with E-state index in [1.807, 2.05) is 18.2 Å². The topological polar surface area (TPSA) is 77.5 Å². The molecule has 3 rings (SSSR count). The molecule has 0 radical (unpaired) electrons. The van der Waals surface area contributed by atoms with Gasteiger partial charge in [0.15, 0.2) is 26.4 Å². The highest BCUT2D eigenvalue weighted by Crippen LogP contribution is 2.32. The molecule has 2 aromatic rings. The van der Waals surface area contributed by atoms with Gasteiger partial charge in [-0.15, -0.1) is 0 Å². The predicted octanol–water partition coefficient (Wildman–Crippen LogP) is 3.04. The average molecular weight is 362 g/mol. The fraction of sp³-hybridized carbons (Fsp3) is 0.389. The average Bonchev–Trinajstić information content (AvgIpc) is 3.02. The van der Waals surface area contributed by atoms with Gasteiger partial charge in [0, 0.05) is 6.54 Å². The van der Waals surface area contributed by atoms with Crippen LogP contribution in [0.2, 0.25) is 0 Å². The molecule has 134 valence electrons. The summed E-state index contributed by atoms with van der Waals surface area (Å²) in [6.45, 7) is 5.98. The zero-order chi connectivity index (χ0) is 18.1. The van der Waals surface area contributed by atoms with Gasteiger partial charge in [-0.2, -0.15) is 0 Å². The van der Waals surface area contributed by atoms with Crippen LogP contribution >= 0.6 is 0 Å². The van der Waals surface area contributed by atoms with Crippen LogP contribution in [-0.4, -0.2) is 31.5 Å². The summed E-state index contributed by atoms with van der Waals surface area (Å²) in [6, 6.07) is 9.17. The SMILES string of the molecule is CC(C)(C)S(=O)(=O)c1ccc(NCCc2ccc3c(c2)OCO3)cn1. The second-order valence-electron chi connectivity index (χ2n) is 6.87. The van der Waals surface area contributed by atoms with E-state index in [9.17, 15) is 8.42 Å². The molecular formula is C18H22N2O4S. The molecule has 2 heterocycles. The van der Waals surface area contributed by atoms with Crippen molar-refractivity contribution in [3.8, 4) is 11.5 Å². The van der Waals surface area contributed by atoms with Crippen LogP contribution in [0.15, 0.2) is 41.6 Å². The Labute approximate surface area is 148 Å². The van der Waals surface area contributed by atoms with Gasteiger partial charge in [0.05, 0.1) is 16.6 Å². The van der Waals surface area contributed by atoms with Gasteiger partial charge in [0.25, 0.3) is 0 Å². The first-order valence-corrected chi connectivity index (χ1v) is 9.59. The van der Waals surface area contributed by atoms with Gasteiger partial charge in [0.1, 0.15) is 0 Å². The van der Waals surface area contributed by atoms with Crippen molar-refractivity contribution in [1.82, 2.24) is 4.98 Å². The summed E-state index contributed by atoms with van der Waals surface area (Å²) in [6.07, 6.45) is 2.36. The molecule has 1 aromatic carbocycles. The Morgan fingerprint density at radius 1 is 1.12 bits per heavy atom. The Morgan fingerprint density at radius 2 is 1.88 bits per heavy atom. The molecule has 0 amide bonds. The molecule has 0 bridgehead atoms. The highest BCUT2D eigenvalue weighted by atomic mass is 32.2. The van der Waals surface area contributed by atoms with Gasteiger partial charge in [0.2, 0.25) is 6.79 Å². The molecule has 0 atom stereocenters. The summed E-state index contributed by atoms with van der Waals surface area (Å²) in [5, 5.41) is 3.35. The number of benzene rings is 1. The van der Waals surface area contributed by atoms with Crippen molar-refractivity contribution in [1.29, 1.82) is 0 Å².